The zero-order valence-corrected chi connectivity index (χ0v) is 16.8. The van der Waals surface area contributed by atoms with E-state index in [9.17, 15) is 4.79 Å². The van der Waals surface area contributed by atoms with E-state index in [-0.39, 0.29) is 12.6 Å². The number of halogens is 2. The molecule has 2 heterocycles. The van der Waals surface area contributed by atoms with Gasteiger partial charge in [-0.25, -0.2) is 4.68 Å². The third-order valence-electron chi connectivity index (χ3n) is 4.08. The number of ether oxygens (including phenoxy) is 1. The van der Waals surface area contributed by atoms with Crippen molar-refractivity contribution in [1.29, 1.82) is 0 Å². The van der Waals surface area contributed by atoms with E-state index in [4.69, 9.17) is 16.3 Å². The van der Waals surface area contributed by atoms with Crippen LogP contribution in [0.2, 0.25) is 5.02 Å². The maximum absolute atomic E-state index is 12.8. The second-order valence-electron chi connectivity index (χ2n) is 5.89. The van der Waals surface area contributed by atoms with Crippen molar-refractivity contribution in [1.82, 2.24) is 14.8 Å². The lowest BCUT2D eigenvalue weighted by atomic mass is 10.2. The smallest absolute Gasteiger partial charge is 0.274 e. The molecule has 0 fully saturated rings. The summed E-state index contributed by atoms with van der Waals surface area (Å²) in [6, 6.07) is 16.1. The Morgan fingerprint density at radius 3 is 2.75 bits per heavy atom. The van der Waals surface area contributed by atoms with Gasteiger partial charge in [0.05, 0.1) is 11.2 Å². The standard InChI is InChI=1S/C20H14BrClN4O2/c21-16-7-8-17(19-15(16)2-1-10-23-19)25-20(27)18-9-11-24-26(18)12-28-14-5-3-13(22)4-6-14/h1-11H,12H2,(H,25,27). The highest BCUT2D eigenvalue weighted by Gasteiger charge is 2.15. The van der Waals surface area contributed by atoms with Gasteiger partial charge in [0.15, 0.2) is 6.73 Å². The molecule has 2 aromatic heterocycles. The Hall–Kier alpha value is -2.90. The first-order valence-electron chi connectivity index (χ1n) is 8.36. The summed E-state index contributed by atoms with van der Waals surface area (Å²) in [5.41, 5.74) is 1.70. The number of pyridine rings is 1. The van der Waals surface area contributed by atoms with Crippen molar-refractivity contribution in [2.24, 2.45) is 0 Å². The Morgan fingerprint density at radius 2 is 1.93 bits per heavy atom. The normalized spacial score (nSPS) is 10.8. The van der Waals surface area contributed by atoms with Gasteiger partial charge in [0.25, 0.3) is 5.91 Å². The van der Waals surface area contributed by atoms with Crippen molar-refractivity contribution in [3.8, 4) is 5.75 Å². The fourth-order valence-corrected chi connectivity index (χ4v) is 3.30. The molecule has 0 aliphatic heterocycles. The minimum Gasteiger partial charge on any atom is -0.471 e. The number of hydrogen-bond donors (Lipinski definition) is 1. The lowest BCUT2D eigenvalue weighted by molar-refractivity contribution is 0.100. The van der Waals surface area contributed by atoms with Gasteiger partial charge in [-0.3, -0.25) is 9.78 Å². The molecule has 0 spiro atoms. The molecule has 0 aliphatic rings. The predicted octanol–water partition coefficient (Wildman–Crippen LogP) is 5.14. The lowest BCUT2D eigenvalue weighted by Gasteiger charge is -2.11. The highest BCUT2D eigenvalue weighted by atomic mass is 79.9. The van der Waals surface area contributed by atoms with Crippen molar-refractivity contribution < 1.29 is 9.53 Å². The Balaban J connectivity index is 1.53. The fraction of sp³-hybridized carbons (Fsp3) is 0.0500. The van der Waals surface area contributed by atoms with E-state index in [1.165, 1.54) is 4.68 Å². The molecule has 0 saturated heterocycles. The van der Waals surface area contributed by atoms with Gasteiger partial charge in [0, 0.05) is 27.3 Å². The van der Waals surface area contributed by atoms with Crippen LogP contribution in [-0.2, 0) is 6.73 Å². The number of nitrogens with zero attached hydrogens (tertiary/aromatic N) is 3. The molecule has 0 atom stereocenters. The molecule has 0 bridgehead atoms. The van der Waals surface area contributed by atoms with Crippen molar-refractivity contribution in [2.45, 2.75) is 6.73 Å². The number of benzene rings is 2. The van der Waals surface area contributed by atoms with Crippen LogP contribution in [0.1, 0.15) is 10.5 Å². The van der Waals surface area contributed by atoms with E-state index in [2.05, 4.69) is 31.3 Å². The molecular formula is C20H14BrClN4O2. The number of carbonyl (C=O) groups excluding carboxylic acids is 1. The number of rotatable bonds is 5. The van der Waals surface area contributed by atoms with Crippen LogP contribution in [0.3, 0.4) is 0 Å². The van der Waals surface area contributed by atoms with E-state index >= 15 is 0 Å². The first-order chi connectivity index (χ1) is 13.6. The van der Waals surface area contributed by atoms with Gasteiger partial charge in [-0.05, 0) is 48.5 Å². The van der Waals surface area contributed by atoms with Crippen molar-refractivity contribution in [3.05, 3.63) is 82.2 Å². The summed E-state index contributed by atoms with van der Waals surface area (Å²) in [6.07, 6.45) is 3.24. The zero-order chi connectivity index (χ0) is 19.5. The van der Waals surface area contributed by atoms with Crippen LogP contribution in [0.4, 0.5) is 5.69 Å². The number of amides is 1. The molecule has 140 valence electrons. The molecule has 1 amide bonds. The Labute approximate surface area is 174 Å². The van der Waals surface area contributed by atoms with E-state index in [0.717, 1.165) is 9.86 Å². The fourth-order valence-electron chi connectivity index (χ4n) is 2.72. The first kappa shape index (κ1) is 18.5. The molecule has 28 heavy (non-hydrogen) atoms. The Bertz CT molecular complexity index is 1140. The van der Waals surface area contributed by atoms with Gasteiger partial charge < -0.3 is 10.1 Å². The van der Waals surface area contributed by atoms with Gasteiger partial charge >= 0.3 is 0 Å². The summed E-state index contributed by atoms with van der Waals surface area (Å²) in [5.74, 6) is 0.334. The summed E-state index contributed by atoms with van der Waals surface area (Å²) in [5, 5.41) is 8.62. The SMILES string of the molecule is O=C(Nc1ccc(Br)c2cccnc12)c1ccnn1COc1ccc(Cl)cc1. The molecular weight excluding hydrogens is 444 g/mol. The van der Waals surface area contributed by atoms with Gasteiger partial charge in [-0.2, -0.15) is 5.10 Å². The van der Waals surface area contributed by atoms with Crippen LogP contribution in [0, 0.1) is 0 Å². The Kier molecular flexibility index (Phi) is 5.27. The summed E-state index contributed by atoms with van der Waals surface area (Å²) in [4.78, 5) is 17.2. The van der Waals surface area contributed by atoms with E-state index in [1.54, 1.807) is 42.7 Å². The number of carbonyl (C=O) groups is 1. The van der Waals surface area contributed by atoms with Crippen LogP contribution in [-0.4, -0.2) is 20.7 Å². The molecule has 4 rings (SSSR count). The number of nitrogens with one attached hydrogen (secondary N) is 1. The average Bonchev–Trinajstić information content (AvgIpc) is 3.19. The van der Waals surface area contributed by atoms with Crippen molar-refractivity contribution in [3.63, 3.8) is 0 Å². The molecule has 0 radical (unpaired) electrons. The molecule has 0 unspecified atom stereocenters. The summed E-state index contributed by atoms with van der Waals surface area (Å²) in [6.45, 7) is 0.0940. The van der Waals surface area contributed by atoms with Crippen LogP contribution in [0.25, 0.3) is 10.9 Å². The minimum atomic E-state index is -0.300. The number of aromatic nitrogens is 3. The maximum atomic E-state index is 12.8. The number of hydrogen-bond acceptors (Lipinski definition) is 4. The highest BCUT2D eigenvalue weighted by molar-refractivity contribution is 9.10. The second kappa shape index (κ2) is 8.00. The predicted molar refractivity (Wildman–Crippen MR) is 112 cm³/mol. The van der Waals surface area contributed by atoms with Crippen molar-refractivity contribution in [2.75, 3.05) is 5.32 Å². The van der Waals surface area contributed by atoms with E-state index < -0.39 is 0 Å². The molecule has 0 saturated carbocycles. The summed E-state index contributed by atoms with van der Waals surface area (Å²) >= 11 is 9.38. The van der Waals surface area contributed by atoms with Crippen LogP contribution >= 0.6 is 27.5 Å². The maximum Gasteiger partial charge on any atom is 0.274 e. The average molecular weight is 458 g/mol. The molecule has 1 N–H and O–H groups in total. The van der Waals surface area contributed by atoms with Gasteiger partial charge in [-0.15, -0.1) is 0 Å². The molecule has 8 heteroatoms. The molecule has 0 aliphatic carbocycles. The zero-order valence-electron chi connectivity index (χ0n) is 14.5. The molecule has 6 nitrogen and oxygen atoms in total. The molecule has 4 aromatic rings. The Morgan fingerprint density at radius 1 is 1.11 bits per heavy atom. The summed E-state index contributed by atoms with van der Waals surface area (Å²) < 4.78 is 8.07. The van der Waals surface area contributed by atoms with Gasteiger partial charge in [-0.1, -0.05) is 33.6 Å². The lowest BCUT2D eigenvalue weighted by Crippen LogP contribution is -2.20. The largest absolute Gasteiger partial charge is 0.471 e. The minimum absolute atomic E-state index is 0.0940. The van der Waals surface area contributed by atoms with Crippen LogP contribution < -0.4 is 10.1 Å². The van der Waals surface area contributed by atoms with Crippen molar-refractivity contribution >= 4 is 50.0 Å². The third kappa shape index (κ3) is 3.85. The van der Waals surface area contributed by atoms with Crippen LogP contribution in [0.15, 0.2) is 71.5 Å². The second-order valence-corrected chi connectivity index (χ2v) is 7.18. The topological polar surface area (TPSA) is 69.0 Å². The monoisotopic (exact) mass is 456 g/mol. The van der Waals surface area contributed by atoms with Gasteiger partial charge in [0.2, 0.25) is 0 Å². The van der Waals surface area contributed by atoms with E-state index in [0.29, 0.717) is 27.7 Å². The third-order valence-corrected chi connectivity index (χ3v) is 5.02. The van der Waals surface area contributed by atoms with E-state index in [1.807, 2.05) is 24.3 Å². The highest BCUT2D eigenvalue weighted by Crippen LogP contribution is 2.28. The molecule has 2 aromatic carbocycles. The van der Waals surface area contributed by atoms with Gasteiger partial charge in [0.1, 0.15) is 11.4 Å². The quantitative estimate of drug-likeness (QED) is 0.451. The first-order valence-corrected chi connectivity index (χ1v) is 9.54. The number of fused-ring (bicyclic) bond motifs is 1. The summed E-state index contributed by atoms with van der Waals surface area (Å²) in [7, 11) is 0. The van der Waals surface area contributed by atoms with Crippen LogP contribution in [0.5, 0.6) is 5.75 Å². The number of anilines is 1.